The average molecular weight is 273 g/mol. The van der Waals surface area contributed by atoms with Crippen molar-refractivity contribution in [3.8, 4) is 0 Å². The summed E-state index contributed by atoms with van der Waals surface area (Å²) in [6.45, 7) is -0.778. The molecule has 3 N–H and O–H groups in total. The van der Waals surface area contributed by atoms with Gasteiger partial charge in [-0.15, -0.1) is 0 Å². The molecule has 0 fully saturated rings. The Balaban J connectivity index is 2.57. The number of aliphatic carboxylic acids is 1. The van der Waals surface area contributed by atoms with Crippen LogP contribution in [0, 0.1) is 0 Å². The van der Waals surface area contributed by atoms with Crippen LogP contribution < -0.4 is 4.72 Å². The Bertz CT molecular complexity index is 485. The Morgan fingerprint density at radius 2 is 1.89 bits per heavy atom. The lowest BCUT2D eigenvalue weighted by atomic mass is 10.2. The first kappa shape index (κ1) is 14.6. The highest BCUT2D eigenvalue weighted by molar-refractivity contribution is 7.89. The van der Waals surface area contributed by atoms with Crippen molar-refractivity contribution in [3.05, 3.63) is 35.9 Å². The van der Waals surface area contributed by atoms with Crippen molar-refractivity contribution in [1.29, 1.82) is 0 Å². The van der Waals surface area contributed by atoms with Crippen LogP contribution in [0.25, 0.3) is 0 Å². The van der Waals surface area contributed by atoms with Gasteiger partial charge in [0.25, 0.3) is 0 Å². The van der Waals surface area contributed by atoms with Gasteiger partial charge in [0.2, 0.25) is 10.0 Å². The summed E-state index contributed by atoms with van der Waals surface area (Å²) >= 11 is 0. The second-order valence-electron chi connectivity index (χ2n) is 3.75. The summed E-state index contributed by atoms with van der Waals surface area (Å²) in [5.74, 6) is -1.62. The van der Waals surface area contributed by atoms with Gasteiger partial charge in [-0.25, -0.2) is 8.42 Å². The van der Waals surface area contributed by atoms with E-state index in [0.717, 1.165) is 5.56 Å². The van der Waals surface area contributed by atoms with E-state index in [1.54, 1.807) is 24.3 Å². The lowest BCUT2D eigenvalue weighted by Crippen LogP contribution is -2.44. The SMILES string of the molecule is O=C(O)[C@@H](CO)NS(=O)(=O)CCc1ccccc1. The summed E-state index contributed by atoms with van der Waals surface area (Å²) in [6.07, 6.45) is 0.286. The first-order chi connectivity index (χ1) is 8.44. The minimum absolute atomic E-state index is 0.221. The number of hydrogen-bond donors (Lipinski definition) is 3. The molecule has 0 aromatic heterocycles. The number of aliphatic hydroxyl groups is 1. The van der Waals surface area contributed by atoms with E-state index in [1.807, 2.05) is 10.8 Å². The second kappa shape index (κ2) is 6.48. The molecule has 6 nitrogen and oxygen atoms in total. The third kappa shape index (κ3) is 4.82. The minimum Gasteiger partial charge on any atom is -0.480 e. The van der Waals surface area contributed by atoms with Crippen LogP contribution in [0.2, 0.25) is 0 Å². The first-order valence-corrected chi connectivity index (χ1v) is 6.97. The van der Waals surface area contributed by atoms with Gasteiger partial charge in [0.15, 0.2) is 0 Å². The predicted molar refractivity (Wildman–Crippen MR) is 65.6 cm³/mol. The summed E-state index contributed by atoms with van der Waals surface area (Å²) < 4.78 is 25.1. The van der Waals surface area contributed by atoms with Crippen molar-refractivity contribution in [1.82, 2.24) is 4.72 Å². The van der Waals surface area contributed by atoms with E-state index >= 15 is 0 Å². The molecule has 0 unspecified atom stereocenters. The number of rotatable bonds is 7. The minimum atomic E-state index is -3.73. The molecule has 1 aromatic rings. The number of sulfonamides is 1. The maximum Gasteiger partial charge on any atom is 0.324 e. The standard InChI is InChI=1S/C11H15NO5S/c13-8-10(11(14)15)12-18(16,17)7-6-9-4-2-1-3-5-9/h1-5,10,12-13H,6-8H2,(H,14,15)/t10-/m1/s1. The molecule has 0 aliphatic rings. The lowest BCUT2D eigenvalue weighted by Gasteiger charge is -2.12. The number of benzene rings is 1. The highest BCUT2D eigenvalue weighted by Crippen LogP contribution is 2.02. The third-order valence-corrected chi connectivity index (χ3v) is 3.69. The van der Waals surface area contributed by atoms with Crippen molar-refractivity contribution in [2.45, 2.75) is 12.5 Å². The molecule has 0 aliphatic carbocycles. The normalized spacial score (nSPS) is 13.2. The fourth-order valence-corrected chi connectivity index (χ4v) is 2.57. The molecule has 0 spiro atoms. The van der Waals surface area contributed by atoms with Gasteiger partial charge in [-0.1, -0.05) is 30.3 Å². The van der Waals surface area contributed by atoms with Crippen LogP contribution >= 0.6 is 0 Å². The Kier molecular flexibility index (Phi) is 5.26. The van der Waals surface area contributed by atoms with Crippen molar-refractivity contribution in [3.63, 3.8) is 0 Å². The summed E-state index contributed by atoms with van der Waals surface area (Å²) in [7, 11) is -3.73. The molecule has 0 aliphatic heterocycles. The van der Waals surface area contributed by atoms with Gasteiger partial charge in [-0.05, 0) is 12.0 Å². The maximum absolute atomic E-state index is 11.6. The van der Waals surface area contributed by atoms with Gasteiger partial charge in [-0.3, -0.25) is 4.79 Å². The van der Waals surface area contributed by atoms with E-state index in [1.165, 1.54) is 0 Å². The van der Waals surface area contributed by atoms with E-state index < -0.39 is 28.6 Å². The van der Waals surface area contributed by atoms with Crippen LogP contribution in [0.4, 0.5) is 0 Å². The van der Waals surface area contributed by atoms with Gasteiger partial charge in [0, 0.05) is 0 Å². The second-order valence-corrected chi connectivity index (χ2v) is 5.62. The van der Waals surface area contributed by atoms with Crippen LogP contribution in [0.1, 0.15) is 5.56 Å². The molecule has 0 saturated carbocycles. The molecule has 0 bridgehead atoms. The summed E-state index contributed by atoms with van der Waals surface area (Å²) in [6, 6.07) is 7.49. The first-order valence-electron chi connectivity index (χ1n) is 5.32. The molecule has 7 heteroatoms. The molecular formula is C11H15NO5S. The van der Waals surface area contributed by atoms with Crippen molar-refractivity contribution < 1.29 is 23.4 Å². The van der Waals surface area contributed by atoms with Gasteiger partial charge in [-0.2, -0.15) is 4.72 Å². The number of carbonyl (C=O) groups is 1. The number of aliphatic hydroxyl groups excluding tert-OH is 1. The van der Waals surface area contributed by atoms with Crippen LogP contribution in [0.5, 0.6) is 0 Å². The van der Waals surface area contributed by atoms with E-state index in [4.69, 9.17) is 10.2 Å². The van der Waals surface area contributed by atoms with E-state index in [2.05, 4.69) is 0 Å². The van der Waals surface area contributed by atoms with E-state index in [9.17, 15) is 13.2 Å². The molecule has 1 rings (SSSR count). The van der Waals surface area contributed by atoms with Gasteiger partial charge in [0.05, 0.1) is 12.4 Å². The zero-order valence-corrected chi connectivity index (χ0v) is 10.4. The molecule has 0 heterocycles. The Morgan fingerprint density at radius 3 is 2.39 bits per heavy atom. The summed E-state index contributed by atoms with van der Waals surface area (Å²) in [4.78, 5) is 10.6. The lowest BCUT2D eigenvalue weighted by molar-refractivity contribution is -0.139. The molecular weight excluding hydrogens is 258 g/mol. The highest BCUT2D eigenvalue weighted by Gasteiger charge is 2.22. The Hall–Kier alpha value is -1.44. The summed E-state index contributed by atoms with van der Waals surface area (Å²) in [5, 5.41) is 17.4. The molecule has 1 aromatic carbocycles. The topological polar surface area (TPSA) is 104 Å². The van der Waals surface area contributed by atoms with Crippen LogP contribution in [-0.2, 0) is 21.2 Å². The van der Waals surface area contributed by atoms with E-state index in [0.29, 0.717) is 0 Å². The molecule has 1 atom stereocenters. The average Bonchev–Trinajstić information content (AvgIpc) is 2.35. The number of hydrogen-bond acceptors (Lipinski definition) is 4. The van der Waals surface area contributed by atoms with Crippen molar-refractivity contribution >= 4 is 16.0 Å². The third-order valence-electron chi connectivity index (χ3n) is 2.30. The number of carboxylic acids is 1. The predicted octanol–water partition coefficient (Wildman–Crippen LogP) is -0.406. The fraction of sp³-hybridized carbons (Fsp3) is 0.364. The fourth-order valence-electron chi connectivity index (χ4n) is 1.34. The zero-order chi connectivity index (χ0) is 13.6. The number of carboxylic acid groups (broad SMARTS) is 1. The molecule has 100 valence electrons. The van der Waals surface area contributed by atoms with Gasteiger partial charge < -0.3 is 10.2 Å². The quantitative estimate of drug-likeness (QED) is 0.627. The van der Waals surface area contributed by atoms with Crippen molar-refractivity contribution in [2.24, 2.45) is 0 Å². The monoisotopic (exact) mass is 273 g/mol. The zero-order valence-electron chi connectivity index (χ0n) is 9.61. The smallest absolute Gasteiger partial charge is 0.324 e. The molecule has 0 amide bonds. The summed E-state index contributed by atoms with van der Waals surface area (Å²) in [5.41, 5.74) is 0.846. The highest BCUT2D eigenvalue weighted by atomic mass is 32.2. The maximum atomic E-state index is 11.6. The molecule has 0 saturated heterocycles. The molecule has 18 heavy (non-hydrogen) atoms. The van der Waals surface area contributed by atoms with E-state index in [-0.39, 0.29) is 12.2 Å². The Morgan fingerprint density at radius 1 is 1.28 bits per heavy atom. The van der Waals surface area contributed by atoms with Crippen molar-refractivity contribution in [2.75, 3.05) is 12.4 Å². The largest absolute Gasteiger partial charge is 0.480 e. The van der Waals surface area contributed by atoms with Crippen LogP contribution in [0.3, 0.4) is 0 Å². The van der Waals surface area contributed by atoms with Crippen LogP contribution in [0.15, 0.2) is 30.3 Å². The van der Waals surface area contributed by atoms with Crippen LogP contribution in [-0.4, -0.2) is 43.0 Å². The number of nitrogens with one attached hydrogen (secondary N) is 1. The van der Waals surface area contributed by atoms with Gasteiger partial charge in [0.1, 0.15) is 6.04 Å². The van der Waals surface area contributed by atoms with Gasteiger partial charge >= 0.3 is 5.97 Å². The Labute approximate surface area is 105 Å². The number of aryl methyl sites for hydroxylation is 1. The molecule has 0 radical (unpaired) electrons.